The second-order valence-corrected chi connectivity index (χ2v) is 4.93. The van der Waals surface area contributed by atoms with Crippen molar-refractivity contribution in [3.63, 3.8) is 0 Å². The summed E-state index contributed by atoms with van der Waals surface area (Å²) in [4.78, 5) is 11.6. The van der Waals surface area contributed by atoms with E-state index in [2.05, 4.69) is 10.6 Å². The third kappa shape index (κ3) is 4.16. The Morgan fingerprint density at radius 3 is 2.32 bits per heavy atom. The first-order valence-corrected chi connectivity index (χ1v) is 6.77. The van der Waals surface area contributed by atoms with Crippen molar-refractivity contribution in [2.75, 3.05) is 11.9 Å². The summed E-state index contributed by atoms with van der Waals surface area (Å²) < 4.78 is 26.9. The maximum absolute atomic E-state index is 13.5. The average Bonchev–Trinajstić information content (AvgIpc) is 2.47. The molecule has 3 N–H and O–H groups in total. The second kappa shape index (κ2) is 7.20. The smallest absolute Gasteiger partial charge is 0.319 e. The molecule has 116 valence electrons. The van der Waals surface area contributed by atoms with Crippen molar-refractivity contribution in [1.82, 2.24) is 5.32 Å². The molecule has 0 fully saturated rings. The fourth-order valence-electron chi connectivity index (χ4n) is 1.83. The molecule has 0 aliphatic carbocycles. The minimum atomic E-state index is -1.49. The lowest BCUT2D eigenvalue weighted by Gasteiger charge is -2.14. The molecule has 0 spiro atoms. The molecule has 1 unspecified atom stereocenters. The van der Waals surface area contributed by atoms with Gasteiger partial charge in [0.2, 0.25) is 0 Å². The van der Waals surface area contributed by atoms with Gasteiger partial charge in [-0.15, -0.1) is 0 Å². The number of hydrogen-bond acceptors (Lipinski definition) is 2. The minimum absolute atomic E-state index is 0.336. The molecule has 7 heteroatoms. The fourth-order valence-corrected chi connectivity index (χ4v) is 1.95. The Hall–Kier alpha value is -2.18. The van der Waals surface area contributed by atoms with Gasteiger partial charge in [-0.3, -0.25) is 0 Å². The molecule has 0 heterocycles. The molecule has 22 heavy (non-hydrogen) atoms. The van der Waals surface area contributed by atoms with Gasteiger partial charge in [0.1, 0.15) is 17.7 Å². The molecule has 0 saturated heterocycles. The lowest BCUT2D eigenvalue weighted by atomic mass is 10.1. The standard InChI is InChI=1S/C15H13ClF2N2O2/c16-9-4-6-10(7-5-9)20-15(22)19-8-13(21)14-11(17)2-1-3-12(14)18/h1-7,13,21H,8H2,(H2,19,20,22). The summed E-state index contributed by atoms with van der Waals surface area (Å²) in [6, 6.07) is 9.04. The van der Waals surface area contributed by atoms with Gasteiger partial charge in [0.25, 0.3) is 0 Å². The first kappa shape index (κ1) is 16.2. The van der Waals surface area contributed by atoms with Gasteiger partial charge in [-0.25, -0.2) is 13.6 Å². The molecular weight excluding hydrogens is 314 g/mol. The highest BCUT2D eigenvalue weighted by molar-refractivity contribution is 6.30. The summed E-state index contributed by atoms with van der Waals surface area (Å²) >= 11 is 5.72. The van der Waals surface area contributed by atoms with E-state index in [0.717, 1.165) is 12.1 Å². The van der Waals surface area contributed by atoms with E-state index in [1.54, 1.807) is 24.3 Å². The van der Waals surface area contributed by atoms with Crippen molar-refractivity contribution in [3.05, 3.63) is 64.7 Å². The predicted molar refractivity (Wildman–Crippen MR) is 79.8 cm³/mol. The van der Waals surface area contributed by atoms with Gasteiger partial charge in [-0.2, -0.15) is 0 Å². The Morgan fingerprint density at radius 1 is 1.14 bits per heavy atom. The minimum Gasteiger partial charge on any atom is -0.386 e. The molecule has 4 nitrogen and oxygen atoms in total. The molecule has 0 saturated carbocycles. The van der Waals surface area contributed by atoms with Gasteiger partial charge >= 0.3 is 6.03 Å². The topological polar surface area (TPSA) is 61.4 Å². The highest BCUT2D eigenvalue weighted by Crippen LogP contribution is 2.20. The zero-order chi connectivity index (χ0) is 16.1. The monoisotopic (exact) mass is 326 g/mol. The van der Waals surface area contributed by atoms with E-state index in [1.807, 2.05) is 0 Å². The number of aliphatic hydroxyl groups excluding tert-OH is 1. The van der Waals surface area contributed by atoms with Gasteiger partial charge < -0.3 is 15.7 Å². The number of rotatable bonds is 4. The number of hydrogen-bond donors (Lipinski definition) is 3. The number of benzene rings is 2. The van der Waals surface area contributed by atoms with Gasteiger partial charge in [-0.05, 0) is 36.4 Å². The number of amides is 2. The first-order valence-electron chi connectivity index (χ1n) is 6.40. The fraction of sp³-hybridized carbons (Fsp3) is 0.133. The van der Waals surface area contributed by atoms with Crippen LogP contribution in [0.1, 0.15) is 11.7 Å². The van der Waals surface area contributed by atoms with Crippen LogP contribution in [0.4, 0.5) is 19.3 Å². The van der Waals surface area contributed by atoms with Gasteiger partial charge in [0.15, 0.2) is 0 Å². The van der Waals surface area contributed by atoms with Crippen molar-refractivity contribution < 1.29 is 18.7 Å². The number of carbonyl (C=O) groups is 1. The molecule has 1 atom stereocenters. The molecular formula is C15H13ClF2N2O2. The maximum atomic E-state index is 13.5. The summed E-state index contributed by atoms with van der Waals surface area (Å²) in [6.45, 7) is -0.336. The van der Waals surface area contributed by atoms with E-state index in [-0.39, 0.29) is 6.54 Å². The SMILES string of the molecule is O=C(NCC(O)c1c(F)cccc1F)Nc1ccc(Cl)cc1. The van der Waals surface area contributed by atoms with Crippen LogP contribution in [0.5, 0.6) is 0 Å². The van der Waals surface area contributed by atoms with E-state index >= 15 is 0 Å². The van der Waals surface area contributed by atoms with Crippen molar-refractivity contribution >= 4 is 23.3 Å². The number of urea groups is 1. The second-order valence-electron chi connectivity index (χ2n) is 4.49. The maximum Gasteiger partial charge on any atom is 0.319 e. The molecule has 2 aromatic rings. The van der Waals surface area contributed by atoms with Crippen LogP contribution in [0.2, 0.25) is 5.02 Å². The van der Waals surface area contributed by atoms with Crippen molar-refractivity contribution in [2.45, 2.75) is 6.10 Å². The third-order valence-electron chi connectivity index (χ3n) is 2.89. The van der Waals surface area contributed by atoms with Crippen molar-refractivity contribution in [3.8, 4) is 0 Å². The third-order valence-corrected chi connectivity index (χ3v) is 3.14. The summed E-state index contributed by atoms with van der Waals surface area (Å²) in [5.41, 5.74) is 0.0164. The average molecular weight is 327 g/mol. The van der Waals surface area contributed by atoms with Crippen LogP contribution in [0.15, 0.2) is 42.5 Å². The van der Waals surface area contributed by atoms with E-state index in [4.69, 9.17) is 11.6 Å². The Labute approximate surface area is 130 Å². The molecule has 0 radical (unpaired) electrons. The van der Waals surface area contributed by atoms with Crippen molar-refractivity contribution in [2.24, 2.45) is 0 Å². The molecule has 0 aromatic heterocycles. The molecule has 2 amide bonds. The molecule has 0 bridgehead atoms. The Morgan fingerprint density at radius 2 is 1.73 bits per heavy atom. The number of aliphatic hydroxyl groups is 1. The summed E-state index contributed by atoms with van der Waals surface area (Å²) in [6.07, 6.45) is -1.49. The lowest BCUT2D eigenvalue weighted by molar-refractivity contribution is 0.166. The van der Waals surface area contributed by atoms with Crippen LogP contribution in [0.3, 0.4) is 0 Å². The highest BCUT2D eigenvalue weighted by Gasteiger charge is 2.18. The summed E-state index contributed by atoms with van der Waals surface area (Å²) in [5, 5.41) is 15.1. The van der Waals surface area contributed by atoms with E-state index in [0.29, 0.717) is 10.7 Å². The van der Waals surface area contributed by atoms with Crippen LogP contribution in [-0.2, 0) is 0 Å². The van der Waals surface area contributed by atoms with Crippen molar-refractivity contribution in [1.29, 1.82) is 0 Å². The van der Waals surface area contributed by atoms with Crippen LogP contribution in [0, 0.1) is 11.6 Å². The Kier molecular flexibility index (Phi) is 5.30. The normalized spacial score (nSPS) is 11.8. The number of halogens is 3. The molecule has 0 aliphatic heterocycles. The van der Waals surface area contributed by atoms with E-state index in [9.17, 15) is 18.7 Å². The lowest BCUT2D eigenvalue weighted by Crippen LogP contribution is -2.32. The Bertz CT molecular complexity index is 645. The van der Waals surface area contributed by atoms with Crippen LogP contribution in [0.25, 0.3) is 0 Å². The zero-order valence-electron chi connectivity index (χ0n) is 11.3. The molecule has 0 aliphatic rings. The summed E-state index contributed by atoms with van der Waals surface area (Å²) in [7, 11) is 0. The zero-order valence-corrected chi connectivity index (χ0v) is 12.1. The number of nitrogens with one attached hydrogen (secondary N) is 2. The van der Waals surface area contributed by atoms with Crippen LogP contribution in [-0.4, -0.2) is 17.7 Å². The highest BCUT2D eigenvalue weighted by atomic mass is 35.5. The largest absolute Gasteiger partial charge is 0.386 e. The molecule has 2 rings (SSSR count). The van der Waals surface area contributed by atoms with Gasteiger partial charge in [0.05, 0.1) is 5.56 Å². The Balaban J connectivity index is 1.92. The summed E-state index contributed by atoms with van der Waals surface area (Å²) in [5.74, 6) is -1.74. The van der Waals surface area contributed by atoms with Gasteiger partial charge in [0, 0.05) is 17.3 Å². The quantitative estimate of drug-likeness (QED) is 0.805. The van der Waals surface area contributed by atoms with Gasteiger partial charge in [-0.1, -0.05) is 17.7 Å². The van der Waals surface area contributed by atoms with Crippen LogP contribution < -0.4 is 10.6 Å². The number of anilines is 1. The number of carbonyl (C=O) groups excluding carboxylic acids is 1. The van der Waals surface area contributed by atoms with E-state index < -0.39 is 29.3 Å². The first-order chi connectivity index (χ1) is 10.5. The van der Waals surface area contributed by atoms with E-state index in [1.165, 1.54) is 6.07 Å². The molecule has 2 aromatic carbocycles. The van der Waals surface area contributed by atoms with Crippen LogP contribution >= 0.6 is 11.6 Å². The predicted octanol–water partition coefficient (Wildman–Crippen LogP) is 3.47.